The minimum Gasteiger partial charge on any atom is -0.480 e. The van der Waals surface area contributed by atoms with Crippen LogP contribution in [0.15, 0.2) is 0 Å². The molecule has 12 heteroatoms. The zero-order chi connectivity index (χ0) is 24.3. The summed E-state index contributed by atoms with van der Waals surface area (Å²) < 4.78 is 0. The SMILES string of the molecule is CSCCC(NC(=O)C(N)CC(C)C)C(=O)NC(C(=O)NC(C(=O)O)C(C)O)C(C)O. The van der Waals surface area contributed by atoms with Crippen molar-refractivity contribution in [3.05, 3.63) is 0 Å². The molecule has 0 aromatic rings. The number of hydrogen-bond acceptors (Lipinski definition) is 8. The molecule has 0 bridgehead atoms. The number of nitrogens with one attached hydrogen (secondary N) is 3. The van der Waals surface area contributed by atoms with Gasteiger partial charge in [-0.25, -0.2) is 4.79 Å². The summed E-state index contributed by atoms with van der Waals surface area (Å²) in [6.07, 6.45) is -0.255. The second-order valence-corrected chi connectivity index (χ2v) is 8.86. The molecule has 0 rings (SSSR count). The summed E-state index contributed by atoms with van der Waals surface area (Å²) in [6.45, 7) is 6.25. The molecule has 6 atom stereocenters. The van der Waals surface area contributed by atoms with Crippen molar-refractivity contribution in [3.63, 3.8) is 0 Å². The summed E-state index contributed by atoms with van der Waals surface area (Å²) in [4.78, 5) is 48.8. The molecule has 180 valence electrons. The third-order valence-corrected chi connectivity index (χ3v) is 5.06. The van der Waals surface area contributed by atoms with Gasteiger partial charge in [0.05, 0.1) is 18.2 Å². The Hall–Kier alpha value is -1.89. The molecule has 0 aliphatic rings. The van der Waals surface area contributed by atoms with Gasteiger partial charge < -0.3 is 37.0 Å². The number of aliphatic hydroxyl groups is 2. The predicted octanol–water partition coefficient (Wildman–Crippen LogP) is -1.59. The van der Waals surface area contributed by atoms with Crippen LogP contribution in [0.4, 0.5) is 0 Å². The summed E-state index contributed by atoms with van der Waals surface area (Å²) >= 11 is 1.46. The highest BCUT2D eigenvalue weighted by atomic mass is 32.2. The molecular formula is C19H36N4O7S. The molecule has 0 aromatic carbocycles. The average molecular weight is 465 g/mol. The number of aliphatic hydroxyl groups excluding tert-OH is 2. The Kier molecular flexibility index (Phi) is 13.4. The van der Waals surface area contributed by atoms with Crippen molar-refractivity contribution < 1.29 is 34.5 Å². The number of rotatable bonds is 14. The molecule has 11 nitrogen and oxygen atoms in total. The van der Waals surface area contributed by atoms with E-state index in [1.165, 1.54) is 25.6 Å². The van der Waals surface area contributed by atoms with Gasteiger partial charge in [0.2, 0.25) is 17.7 Å². The van der Waals surface area contributed by atoms with E-state index in [2.05, 4.69) is 16.0 Å². The number of carbonyl (C=O) groups is 4. The van der Waals surface area contributed by atoms with E-state index in [1.807, 2.05) is 20.1 Å². The van der Waals surface area contributed by atoms with Gasteiger partial charge in [-0.2, -0.15) is 11.8 Å². The molecule has 6 unspecified atom stereocenters. The Balaban J connectivity index is 5.36. The number of thioether (sulfide) groups is 1. The van der Waals surface area contributed by atoms with Crippen LogP contribution < -0.4 is 21.7 Å². The van der Waals surface area contributed by atoms with Gasteiger partial charge in [-0.05, 0) is 44.6 Å². The van der Waals surface area contributed by atoms with E-state index in [4.69, 9.17) is 10.8 Å². The smallest absolute Gasteiger partial charge is 0.328 e. The molecule has 0 saturated heterocycles. The lowest BCUT2D eigenvalue weighted by Gasteiger charge is -2.27. The lowest BCUT2D eigenvalue weighted by Crippen LogP contribution is -2.61. The van der Waals surface area contributed by atoms with Crippen LogP contribution in [-0.2, 0) is 19.2 Å². The Morgan fingerprint density at radius 3 is 1.81 bits per heavy atom. The number of amides is 3. The summed E-state index contributed by atoms with van der Waals surface area (Å²) in [5, 5.41) is 35.6. The van der Waals surface area contributed by atoms with Crippen LogP contribution in [0.5, 0.6) is 0 Å². The van der Waals surface area contributed by atoms with E-state index in [9.17, 15) is 29.4 Å². The van der Waals surface area contributed by atoms with E-state index in [0.717, 1.165) is 0 Å². The Morgan fingerprint density at radius 1 is 0.871 bits per heavy atom. The number of carbonyl (C=O) groups excluding carboxylic acids is 3. The van der Waals surface area contributed by atoms with E-state index < -0.39 is 60.1 Å². The highest BCUT2D eigenvalue weighted by Gasteiger charge is 2.33. The zero-order valence-corrected chi connectivity index (χ0v) is 19.4. The van der Waals surface area contributed by atoms with E-state index in [1.54, 1.807) is 0 Å². The third kappa shape index (κ3) is 10.8. The van der Waals surface area contributed by atoms with Gasteiger partial charge in [0.25, 0.3) is 0 Å². The number of nitrogens with two attached hydrogens (primary N) is 1. The van der Waals surface area contributed by atoms with Gasteiger partial charge in [0, 0.05) is 0 Å². The lowest BCUT2D eigenvalue weighted by atomic mass is 10.0. The third-order valence-electron chi connectivity index (χ3n) is 4.41. The molecule has 0 spiro atoms. The first kappa shape index (κ1) is 29.1. The fourth-order valence-electron chi connectivity index (χ4n) is 2.69. The molecule has 0 fully saturated rings. The standard InChI is InChI=1S/C19H36N4O7S/c1-9(2)8-12(20)16(26)21-13(6-7-31-5)17(27)22-14(10(3)24)18(28)23-15(11(4)25)19(29)30/h9-15,24-25H,6-8,20H2,1-5H3,(H,21,26)(H,22,27)(H,23,28)(H,29,30). The van der Waals surface area contributed by atoms with Gasteiger partial charge >= 0.3 is 5.97 Å². The highest BCUT2D eigenvalue weighted by molar-refractivity contribution is 7.98. The van der Waals surface area contributed by atoms with Crippen molar-refractivity contribution in [1.82, 2.24) is 16.0 Å². The second-order valence-electron chi connectivity index (χ2n) is 7.87. The van der Waals surface area contributed by atoms with Gasteiger partial charge in [-0.1, -0.05) is 13.8 Å². The van der Waals surface area contributed by atoms with Gasteiger partial charge in [-0.15, -0.1) is 0 Å². The van der Waals surface area contributed by atoms with Crippen molar-refractivity contribution in [2.45, 2.75) is 76.9 Å². The number of hydrogen-bond donors (Lipinski definition) is 7. The van der Waals surface area contributed by atoms with Crippen LogP contribution in [0.1, 0.15) is 40.5 Å². The highest BCUT2D eigenvalue weighted by Crippen LogP contribution is 2.07. The topological polar surface area (TPSA) is 191 Å². The minimum absolute atomic E-state index is 0.179. The monoisotopic (exact) mass is 464 g/mol. The van der Waals surface area contributed by atoms with Crippen molar-refractivity contribution in [2.24, 2.45) is 11.7 Å². The maximum absolute atomic E-state index is 12.8. The van der Waals surface area contributed by atoms with Crippen LogP contribution in [0, 0.1) is 5.92 Å². The normalized spacial score (nSPS) is 17.1. The fourth-order valence-corrected chi connectivity index (χ4v) is 3.16. The molecule has 0 aliphatic heterocycles. The van der Waals surface area contributed by atoms with Crippen molar-refractivity contribution in [3.8, 4) is 0 Å². The first-order valence-corrected chi connectivity index (χ1v) is 11.5. The number of aliphatic carboxylic acids is 1. The molecule has 0 radical (unpaired) electrons. The van der Waals surface area contributed by atoms with Crippen LogP contribution in [-0.4, -0.2) is 87.4 Å². The summed E-state index contributed by atoms with van der Waals surface area (Å²) in [5.74, 6) is -2.96. The van der Waals surface area contributed by atoms with Gasteiger partial charge in [0.1, 0.15) is 12.1 Å². The Bertz CT molecular complexity index is 616. The number of carboxylic acid groups (broad SMARTS) is 1. The molecule has 3 amide bonds. The lowest BCUT2D eigenvalue weighted by molar-refractivity contribution is -0.146. The quantitative estimate of drug-likeness (QED) is 0.159. The molecule has 31 heavy (non-hydrogen) atoms. The van der Waals surface area contributed by atoms with Gasteiger partial charge in [-0.3, -0.25) is 14.4 Å². The largest absolute Gasteiger partial charge is 0.480 e. The first-order valence-electron chi connectivity index (χ1n) is 10.1. The molecule has 0 saturated carbocycles. The Morgan fingerprint density at radius 2 is 1.39 bits per heavy atom. The van der Waals surface area contributed by atoms with Crippen molar-refractivity contribution in [1.29, 1.82) is 0 Å². The minimum atomic E-state index is -1.62. The van der Waals surface area contributed by atoms with E-state index in [-0.39, 0.29) is 12.3 Å². The van der Waals surface area contributed by atoms with Crippen LogP contribution >= 0.6 is 11.8 Å². The maximum Gasteiger partial charge on any atom is 0.328 e. The maximum atomic E-state index is 12.8. The van der Waals surface area contributed by atoms with Crippen LogP contribution in [0.25, 0.3) is 0 Å². The Labute approximate surface area is 186 Å². The molecule has 8 N–H and O–H groups in total. The van der Waals surface area contributed by atoms with Crippen molar-refractivity contribution in [2.75, 3.05) is 12.0 Å². The summed E-state index contributed by atoms with van der Waals surface area (Å²) in [6, 6.07) is -4.92. The fraction of sp³-hybridized carbons (Fsp3) is 0.789. The summed E-state index contributed by atoms with van der Waals surface area (Å²) in [7, 11) is 0. The van der Waals surface area contributed by atoms with Crippen LogP contribution in [0.3, 0.4) is 0 Å². The summed E-state index contributed by atoms with van der Waals surface area (Å²) in [5.41, 5.74) is 5.87. The molecule has 0 heterocycles. The van der Waals surface area contributed by atoms with Gasteiger partial charge in [0.15, 0.2) is 6.04 Å². The van der Waals surface area contributed by atoms with Crippen LogP contribution in [0.2, 0.25) is 0 Å². The zero-order valence-electron chi connectivity index (χ0n) is 18.6. The second kappa shape index (κ2) is 14.2. The van der Waals surface area contributed by atoms with Crippen molar-refractivity contribution >= 4 is 35.5 Å². The van der Waals surface area contributed by atoms with E-state index in [0.29, 0.717) is 12.2 Å². The molecule has 0 aromatic heterocycles. The van der Waals surface area contributed by atoms with E-state index >= 15 is 0 Å². The molecular weight excluding hydrogens is 428 g/mol. The first-order chi connectivity index (χ1) is 14.3. The molecule has 0 aliphatic carbocycles. The average Bonchev–Trinajstić information content (AvgIpc) is 2.65. The number of carboxylic acids is 1. The predicted molar refractivity (Wildman–Crippen MR) is 117 cm³/mol.